The molecule has 16 heavy (non-hydrogen) atoms. The third-order valence-corrected chi connectivity index (χ3v) is 3.54. The first-order chi connectivity index (χ1) is 7.65. The van der Waals surface area contributed by atoms with Crippen molar-refractivity contribution in [2.75, 3.05) is 17.7 Å². The zero-order valence-electron chi connectivity index (χ0n) is 9.79. The van der Waals surface area contributed by atoms with Crippen molar-refractivity contribution in [3.63, 3.8) is 0 Å². The highest BCUT2D eigenvalue weighted by atomic mass is 16.3. The van der Waals surface area contributed by atoms with E-state index < -0.39 is 0 Å². The standard InChI is InChI=1S/C13H20N2O/c1-10-8-11(4-5-12(10)14)15-13(9-16)6-2-3-7-13/h4-5,8,15-16H,2-3,6-7,9,14H2,1H3. The summed E-state index contributed by atoms with van der Waals surface area (Å²) >= 11 is 0. The Morgan fingerprint density at radius 1 is 1.38 bits per heavy atom. The topological polar surface area (TPSA) is 58.3 Å². The van der Waals surface area contributed by atoms with Crippen molar-refractivity contribution in [1.82, 2.24) is 0 Å². The van der Waals surface area contributed by atoms with E-state index in [1.54, 1.807) is 0 Å². The van der Waals surface area contributed by atoms with Gasteiger partial charge < -0.3 is 16.2 Å². The quantitative estimate of drug-likeness (QED) is 0.685. The van der Waals surface area contributed by atoms with Gasteiger partial charge in [0.25, 0.3) is 0 Å². The summed E-state index contributed by atoms with van der Waals surface area (Å²) in [7, 11) is 0. The number of aliphatic hydroxyl groups is 1. The fourth-order valence-corrected chi connectivity index (χ4v) is 2.43. The van der Waals surface area contributed by atoms with E-state index >= 15 is 0 Å². The van der Waals surface area contributed by atoms with Crippen LogP contribution in [-0.4, -0.2) is 17.3 Å². The molecule has 1 aliphatic carbocycles. The van der Waals surface area contributed by atoms with Gasteiger partial charge in [0.05, 0.1) is 12.1 Å². The molecule has 0 aromatic heterocycles. The number of nitrogen functional groups attached to an aromatic ring is 1. The lowest BCUT2D eigenvalue weighted by Crippen LogP contribution is -2.38. The lowest BCUT2D eigenvalue weighted by atomic mass is 9.98. The second-order valence-corrected chi connectivity index (χ2v) is 4.84. The lowest BCUT2D eigenvalue weighted by molar-refractivity contribution is 0.214. The average Bonchev–Trinajstić information content (AvgIpc) is 2.73. The van der Waals surface area contributed by atoms with Gasteiger partial charge in [-0.1, -0.05) is 12.8 Å². The van der Waals surface area contributed by atoms with Crippen molar-refractivity contribution < 1.29 is 5.11 Å². The molecule has 0 aliphatic heterocycles. The highest BCUT2D eigenvalue weighted by molar-refractivity contribution is 5.57. The fourth-order valence-electron chi connectivity index (χ4n) is 2.43. The highest BCUT2D eigenvalue weighted by Gasteiger charge is 2.32. The van der Waals surface area contributed by atoms with E-state index in [0.29, 0.717) is 0 Å². The number of benzene rings is 1. The molecule has 0 saturated heterocycles. The number of aryl methyl sites for hydroxylation is 1. The molecule has 2 rings (SSSR count). The molecule has 3 nitrogen and oxygen atoms in total. The predicted octanol–water partition coefficient (Wildman–Crippen LogP) is 2.29. The summed E-state index contributed by atoms with van der Waals surface area (Å²) in [6, 6.07) is 5.95. The molecule has 4 N–H and O–H groups in total. The van der Waals surface area contributed by atoms with Gasteiger partial charge in [0, 0.05) is 11.4 Å². The number of hydrogen-bond acceptors (Lipinski definition) is 3. The summed E-state index contributed by atoms with van der Waals surface area (Å²) in [6.45, 7) is 2.21. The van der Waals surface area contributed by atoms with E-state index in [1.165, 1.54) is 12.8 Å². The smallest absolute Gasteiger partial charge is 0.0661 e. The van der Waals surface area contributed by atoms with Crippen LogP contribution < -0.4 is 11.1 Å². The van der Waals surface area contributed by atoms with Gasteiger partial charge in [0.1, 0.15) is 0 Å². The molecule has 88 valence electrons. The molecule has 0 unspecified atom stereocenters. The third-order valence-electron chi connectivity index (χ3n) is 3.54. The van der Waals surface area contributed by atoms with Crippen LogP contribution in [0.3, 0.4) is 0 Å². The van der Waals surface area contributed by atoms with Gasteiger partial charge in [-0.05, 0) is 43.5 Å². The first-order valence-corrected chi connectivity index (χ1v) is 5.90. The van der Waals surface area contributed by atoms with E-state index in [4.69, 9.17) is 5.73 Å². The van der Waals surface area contributed by atoms with E-state index in [-0.39, 0.29) is 12.1 Å². The third kappa shape index (κ3) is 2.14. The maximum absolute atomic E-state index is 9.51. The number of anilines is 2. The number of aliphatic hydroxyl groups excluding tert-OH is 1. The molecule has 3 heteroatoms. The Kier molecular flexibility index (Phi) is 3.06. The Labute approximate surface area is 96.7 Å². The van der Waals surface area contributed by atoms with Gasteiger partial charge in [0.2, 0.25) is 0 Å². The van der Waals surface area contributed by atoms with E-state index in [2.05, 4.69) is 5.32 Å². The molecule has 0 radical (unpaired) electrons. The van der Waals surface area contributed by atoms with Crippen LogP contribution in [-0.2, 0) is 0 Å². The summed E-state index contributed by atoms with van der Waals surface area (Å²) in [5.74, 6) is 0. The molecule has 0 atom stereocenters. The molecule has 1 aromatic carbocycles. The summed E-state index contributed by atoms with van der Waals surface area (Å²) in [5, 5.41) is 13.0. The largest absolute Gasteiger partial charge is 0.399 e. The van der Waals surface area contributed by atoms with Crippen molar-refractivity contribution in [2.45, 2.75) is 38.1 Å². The minimum absolute atomic E-state index is 0.109. The second kappa shape index (κ2) is 4.34. The van der Waals surface area contributed by atoms with E-state index in [0.717, 1.165) is 29.8 Å². The van der Waals surface area contributed by atoms with Gasteiger partial charge >= 0.3 is 0 Å². The maximum Gasteiger partial charge on any atom is 0.0661 e. The minimum Gasteiger partial charge on any atom is -0.399 e. The molecular weight excluding hydrogens is 200 g/mol. The highest BCUT2D eigenvalue weighted by Crippen LogP contribution is 2.33. The molecule has 0 spiro atoms. The normalized spacial score (nSPS) is 18.6. The Hall–Kier alpha value is -1.22. The van der Waals surface area contributed by atoms with Gasteiger partial charge in [-0.2, -0.15) is 0 Å². The Morgan fingerprint density at radius 3 is 2.62 bits per heavy atom. The number of nitrogens with one attached hydrogen (secondary N) is 1. The van der Waals surface area contributed by atoms with Gasteiger partial charge in [-0.25, -0.2) is 0 Å². The van der Waals surface area contributed by atoms with E-state index in [9.17, 15) is 5.11 Å². The first kappa shape index (κ1) is 11.3. The van der Waals surface area contributed by atoms with Crippen molar-refractivity contribution in [1.29, 1.82) is 0 Å². The van der Waals surface area contributed by atoms with E-state index in [1.807, 2.05) is 25.1 Å². The van der Waals surface area contributed by atoms with Crippen LogP contribution >= 0.6 is 0 Å². The number of nitrogens with two attached hydrogens (primary N) is 1. The summed E-state index contributed by atoms with van der Waals surface area (Å²) in [5.41, 5.74) is 8.63. The predicted molar refractivity (Wildman–Crippen MR) is 67.5 cm³/mol. The van der Waals surface area contributed by atoms with Crippen LogP contribution in [0.15, 0.2) is 18.2 Å². The fraction of sp³-hybridized carbons (Fsp3) is 0.538. The zero-order chi connectivity index (χ0) is 11.6. The molecule has 0 amide bonds. The zero-order valence-corrected chi connectivity index (χ0v) is 9.79. The maximum atomic E-state index is 9.51. The van der Waals surface area contributed by atoms with Crippen molar-refractivity contribution in [3.8, 4) is 0 Å². The SMILES string of the molecule is Cc1cc(NC2(CO)CCCC2)ccc1N. The van der Waals surface area contributed by atoms with Crippen LogP contribution in [0.4, 0.5) is 11.4 Å². The van der Waals surface area contributed by atoms with Crippen molar-refractivity contribution in [2.24, 2.45) is 0 Å². The molecule has 1 aliphatic rings. The number of rotatable bonds is 3. The lowest BCUT2D eigenvalue weighted by Gasteiger charge is -2.29. The van der Waals surface area contributed by atoms with Crippen LogP contribution in [0.1, 0.15) is 31.2 Å². The van der Waals surface area contributed by atoms with Crippen molar-refractivity contribution in [3.05, 3.63) is 23.8 Å². The second-order valence-electron chi connectivity index (χ2n) is 4.84. The molecular formula is C13H20N2O. The Bertz CT molecular complexity index is 370. The minimum atomic E-state index is -0.109. The van der Waals surface area contributed by atoms with Crippen LogP contribution in [0, 0.1) is 6.92 Å². The van der Waals surface area contributed by atoms with Crippen LogP contribution in [0.25, 0.3) is 0 Å². The van der Waals surface area contributed by atoms with Crippen molar-refractivity contribution >= 4 is 11.4 Å². The Balaban J connectivity index is 2.16. The molecule has 1 fully saturated rings. The van der Waals surface area contributed by atoms with Gasteiger partial charge in [0.15, 0.2) is 0 Å². The molecule has 1 saturated carbocycles. The number of hydrogen-bond donors (Lipinski definition) is 3. The summed E-state index contributed by atoms with van der Waals surface area (Å²) in [6.07, 6.45) is 4.49. The Morgan fingerprint density at radius 2 is 2.06 bits per heavy atom. The molecule has 0 heterocycles. The summed E-state index contributed by atoms with van der Waals surface area (Å²) in [4.78, 5) is 0. The van der Waals surface area contributed by atoms with Crippen LogP contribution in [0.2, 0.25) is 0 Å². The monoisotopic (exact) mass is 220 g/mol. The summed E-state index contributed by atoms with van der Waals surface area (Å²) < 4.78 is 0. The average molecular weight is 220 g/mol. The van der Waals surface area contributed by atoms with Gasteiger partial charge in [-0.3, -0.25) is 0 Å². The van der Waals surface area contributed by atoms with Gasteiger partial charge in [-0.15, -0.1) is 0 Å². The van der Waals surface area contributed by atoms with Crippen LogP contribution in [0.5, 0.6) is 0 Å². The molecule has 0 bridgehead atoms. The first-order valence-electron chi connectivity index (χ1n) is 5.90. The molecule has 1 aromatic rings.